The number of hydrogen-bond acceptors (Lipinski definition) is 6. The highest BCUT2D eigenvalue weighted by Gasteiger charge is 2.23. The van der Waals surface area contributed by atoms with Gasteiger partial charge in [0, 0.05) is 25.2 Å². The molecule has 1 aromatic heterocycles. The normalized spacial score (nSPS) is 10.6. The van der Waals surface area contributed by atoms with E-state index in [1.807, 2.05) is 30.3 Å². The second-order valence-electron chi connectivity index (χ2n) is 6.15. The lowest BCUT2D eigenvalue weighted by Gasteiger charge is -2.21. The molecule has 144 valence electrons. The molecule has 9 heteroatoms. The molecule has 0 bridgehead atoms. The Morgan fingerprint density at radius 3 is 2.64 bits per heavy atom. The van der Waals surface area contributed by atoms with Crippen molar-refractivity contribution in [3.8, 4) is 5.69 Å². The third-order valence-corrected chi connectivity index (χ3v) is 4.26. The van der Waals surface area contributed by atoms with E-state index in [1.54, 1.807) is 19.1 Å². The van der Waals surface area contributed by atoms with E-state index in [9.17, 15) is 20.0 Å². The Labute approximate surface area is 161 Å². The molecule has 0 aliphatic heterocycles. The minimum atomic E-state index is -0.495. The number of hydrogen-bond donors (Lipinski definition) is 1. The highest BCUT2D eigenvalue weighted by atomic mass is 16.6. The Balaban J connectivity index is 1.89. The molecule has 1 amide bonds. The quantitative estimate of drug-likeness (QED) is 0.495. The highest BCUT2D eigenvalue weighted by Crippen LogP contribution is 2.19. The molecule has 0 saturated carbocycles. The Kier molecular flexibility index (Phi) is 5.75. The van der Waals surface area contributed by atoms with Crippen LogP contribution >= 0.6 is 0 Å². The number of aromatic nitrogens is 3. The molecular weight excluding hydrogens is 362 g/mol. The van der Waals surface area contributed by atoms with Gasteiger partial charge in [-0.05, 0) is 18.6 Å². The number of aliphatic hydroxyl groups excluding tert-OH is 1. The van der Waals surface area contributed by atoms with Crippen LogP contribution in [0.4, 0.5) is 5.69 Å². The standard InChI is InChI=1S/C19H19N5O4/c1-14-18(19(26)22(10-11-25)13-15-6-3-2-4-7-15)20-21-23(14)16-8-5-9-17(12-16)24(27)28/h2-9,12,25H,10-11,13H2,1H3. The molecule has 0 atom stereocenters. The van der Waals surface area contributed by atoms with Crippen LogP contribution in [-0.4, -0.2) is 49.0 Å². The second kappa shape index (κ2) is 8.40. The van der Waals surface area contributed by atoms with E-state index in [-0.39, 0.29) is 30.4 Å². The lowest BCUT2D eigenvalue weighted by atomic mass is 10.2. The van der Waals surface area contributed by atoms with Gasteiger partial charge >= 0.3 is 0 Å². The fourth-order valence-corrected chi connectivity index (χ4v) is 2.84. The van der Waals surface area contributed by atoms with Crippen molar-refractivity contribution in [2.75, 3.05) is 13.2 Å². The number of nitro benzene ring substituents is 1. The first-order valence-electron chi connectivity index (χ1n) is 8.62. The zero-order valence-corrected chi connectivity index (χ0v) is 15.2. The average Bonchev–Trinajstić information content (AvgIpc) is 3.09. The minimum absolute atomic E-state index is 0.0775. The summed E-state index contributed by atoms with van der Waals surface area (Å²) in [5.41, 5.74) is 1.88. The van der Waals surface area contributed by atoms with E-state index < -0.39 is 4.92 Å². The maximum Gasteiger partial charge on any atom is 0.276 e. The SMILES string of the molecule is Cc1c(C(=O)N(CCO)Cc2ccccc2)nnn1-c1cccc([N+](=O)[O-])c1. The van der Waals surface area contributed by atoms with E-state index >= 15 is 0 Å². The zero-order valence-electron chi connectivity index (χ0n) is 15.2. The first kappa shape index (κ1) is 19.2. The van der Waals surface area contributed by atoms with Gasteiger partial charge in [0.2, 0.25) is 0 Å². The maximum absolute atomic E-state index is 13.0. The lowest BCUT2D eigenvalue weighted by molar-refractivity contribution is -0.384. The van der Waals surface area contributed by atoms with Crippen molar-refractivity contribution in [1.29, 1.82) is 0 Å². The number of benzene rings is 2. The van der Waals surface area contributed by atoms with Crippen LogP contribution in [0.15, 0.2) is 54.6 Å². The molecule has 0 aliphatic carbocycles. The monoisotopic (exact) mass is 381 g/mol. The smallest absolute Gasteiger partial charge is 0.276 e. The number of aliphatic hydroxyl groups is 1. The fraction of sp³-hybridized carbons (Fsp3) is 0.211. The van der Waals surface area contributed by atoms with Crippen LogP contribution in [0.25, 0.3) is 5.69 Å². The van der Waals surface area contributed by atoms with Gasteiger partial charge in [0.05, 0.1) is 22.9 Å². The number of carbonyl (C=O) groups excluding carboxylic acids is 1. The van der Waals surface area contributed by atoms with Crippen LogP contribution in [0.2, 0.25) is 0 Å². The molecule has 1 heterocycles. The molecule has 0 spiro atoms. The Bertz CT molecular complexity index is 987. The van der Waals surface area contributed by atoms with Crippen LogP contribution in [0.5, 0.6) is 0 Å². The van der Waals surface area contributed by atoms with Gasteiger partial charge in [-0.15, -0.1) is 5.10 Å². The van der Waals surface area contributed by atoms with Gasteiger partial charge in [0.15, 0.2) is 5.69 Å². The third-order valence-electron chi connectivity index (χ3n) is 4.26. The van der Waals surface area contributed by atoms with Crippen molar-refractivity contribution >= 4 is 11.6 Å². The predicted octanol–water partition coefficient (Wildman–Crippen LogP) is 2.12. The van der Waals surface area contributed by atoms with Crippen molar-refractivity contribution < 1.29 is 14.8 Å². The fourth-order valence-electron chi connectivity index (χ4n) is 2.84. The van der Waals surface area contributed by atoms with Crippen molar-refractivity contribution in [1.82, 2.24) is 19.9 Å². The summed E-state index contributed by atoms with van der Waals surface area (Å²) in [6, 6.07) is 15.4. The Hall–Kier alpha value is -3.59. The zero-order chi connectivity index (χ0) is 20.1. The molecule has 0 unspecified atom stereocenters. The van der Waals surface area contributed by atoms with Crippen molar-refractivity contribution in [3.63, 3.8) is 0 Å². The van der Waals surface area contributed by atoms with Crippen LogP contribution in [0.3, 0.4) is 0 Å². The van der Waals surface area contributed by atoms with Gasteiger partial charge in [-0.25, -0.2) is 4.68 Å². The topological polar surface area (TPSA) is 114 Å². The summed E-state index contributed by atoms with van der Waals surface area (Å²) in [7, 11) is 0. The van der Waals surface area contributed by atoms with Crippen LogP contribution in [0.1, 0.15) is 21.7 Å². The number of non-ortho nitro benzene ring substituents is 1. The van der Waals surface area contributed by atoms with E-state index in [0.29, 0.717) is 17.9 Å². The van der Waals surface area contributed by atoms with Crippen LogP contribution in [0, 0.1) is 17.0 Å². The second-order valence-corrected chi connectivity index (χ2v) is 6.15. The molecule has 1 N–H and O–H groups in total. The Morgan fingerprint density at radius 1 is 1.21 bits per heavy atom. The molecule has 9 nitrogen and oxygen atoms in total. The molecule has 3 rings (SSSR count). The van der Waals surface area contributed by atoms with E-state index in [4.69, 9.17) is 0 Å². The maximum atomic E-state index is 13.0. The molecule has 3 aromatic rings. The average molecular weight is 381 g/mol. The highest BCUT2D eigenvalue weighted by molar-refractivity contribution is 5.93. The molecule has 28 heavy (non-hydrogen) atoms. The molecule has 0 saturated heterocycles. The summed E-state index contributed by atoms with van der Waals surface area (Å²) in [5.74, 6) is -0.368. The van der Waals surface area contributed by atoms with Crippen molar-refractivity contribution in [2.45, 2.75) is 13.5 Å². The number of carbonyl (C=O) groups is 1. The molecule has 0 aliphatic rings. The van der Waals surface area contributed by atoms with Gasteiger partial charge in [-0.3, -0.25) is 14.9 Å². The number of amides is 1. The van der Waals surface area contributed by atoms with E-state index in [0.717, 1.165) is 5.56 Å². The summed E-state index contributed by atoms with van der Waals surface area (Å²) in [6.07, 6.45) is 0. The van der Waals surface area contributed by atoms with E-state index in [2.05, 4.69) is 10.3 Å². The third kappa shape index (κ3) is 4.04. The molecular formula is C19H19N5O4. The number of nitrogens with zero attached hydrogens (tertiary/aromatic N) is 5. The largest absolute Gasteiger partial charge is 0.395 e. The van der Waals surface area contributed by atoms with E-state index in [1.165, 1.54) is 21.7 Å². The van der Waals surface area contributed by atoms with Gasteiger partial charge in [0.1, 0.15) is 0 Å². The van der Waals surface area contributed by atoms with Gasteiger partial charge in [0.25, 0.3) is 11.6 Å². The van der Waals surface area contributed by atoms with Crippen molar-refractivity contribution in [2.24, 2.45) is 0 Å². The lowest BCUT2D eigenvalue weighted by Crippen LogP contribution is -2.33. The Morgan fingerprint density at radius 2 is 1.96 bits per heavy atom. The van der Waals surface area contributed by atoms with Crippen LogP contribution < -0.4 is 0 Å². The molecule has 0 radical (unpaired) electrons. The van der Waals surface area contributed by atoms with Gasteiger partial charge < -0.3 is 10.0 Å². The molecule has 0 fully saturated rings. The minimum Gasteiger partial charge on any atom is -0.395 e. The predicted molar refractivity (Wildman–Crippen MR) is 101 cm³/mol. The first-order chi connectivity index (χ1) is 13.5. The van der Waals surface area contributed by atoms with Gasteiger partial charge in [-0.1, -0.05) is 41.6 Å². The molecule has 2 aromatic carbocycles. The van der Waals surface area contributed by atoms with Gasteiger partial charge in [-0.2, -0.15) is 0 Å². The van der Waals surface area contributed by atoms with Crippen molar-refractivity contribution in [3.05, 3.63) is 81.7 Å². The number of nitro groups is 1. The summed E-state index contributed by atoms with van der Waals surface area (Å²) in [5, 5.41) is 28.3. The van der Waals surface area contributed by atoms with Crippen LogP contribution in [-0.2, 0) is 6.54 Å². The summed E-state index contributed by atoms with van der Waals surface area (Å²) in [6.45, 7) is 1.96. The summed E-state index contributed by atoms with van der Waals surface area (Å²) < 4.78 is 1.39. The summed E-state index contributed by atoms with van der Waals surface area (Å²) >= 11 is 0. The summed E-state index contributed by atoms with van der Waals surface area (Å²) in [4.78, 5) is 25.0. The first-order valence-corrected chi connectivity index (χ1v) is 8.62. The number of rotatable bonds is 7.